The van der Waals surface area contributed by atoms with Crippen LogP contribution >= 0.6 is 0 Å². The van der Waals surface area contributed by atoms with Crippen LogP contribution in [0.4, 0.5) is 5.82 Å². The van der Waals surface area contributed by atoms with Gasteiger partial charge in [0.1, 0.15) is 18.7 Å². The van der Waals surface area contributed by atoms with Crippen LogP contribution in [0.3, 0.4) is 0 Å². The van der Waals surface area contributed by atoms with Gasteiger partial charge in [0.25, 0.3) is 0 Å². The van der Waals surface area contributed by atoms with Crippen molar-refractivity contribution in [2.75, 3.05) is 18.5 Å². The van der Waals surface area contributed by atoms with Crippen LogP contribution in [0.1, 0.15) is 31.4 Å². The van der Waals surface area contributed by atoms with E-state index >= 15 is 0 Å². The molecule has 0 fully saturated rings. The van der Waals surface area contributed by atoms with E-state index in [1.54, 1.807) is 6.92 Å². The fraction of sp³-hybridized carbons (Fsp3) is 0.462. The van der Waals surface area contributed by atoms with Crippen LogP contribution in [-0.2, 0) is 9.53 Å². The molecule has 0 amide bonds. The van der Waals surface area contributed by atoms with E-state index in [1.165, 1.54) is 6.33 Å². The van der Waals surface area contributed by atoms with Crippen LogP contribution in [0.2, 0.25) is 0 Å². The lowest BCUT2D eigenvalue weighted by molar-refractivity contribution is -0.140. The molecular weight excluding hydrogens is 230 g/mol. The molecule has 1 aromatic heterocycles. The maximum Gasteiger partial charge on any atom is 0.325 e. The highest BCUT2D eigenvalue weighted by Gasteiger charge is 2.14. The van der Waals surface area contributed by atoms with Crippen molar-refractivity contribution in [1.29, 1.82) is 0 Å². The van der Waals surface area contributed by atoms with E-state index < -0.39 is 0 Å². The number of nitrogens with one attached hydrogen (secondary N) is 1. The molecule has 0 saturated carbocycles. The number of rotatable bonds is 5. The summed E-state index contributed by atoms with van der Waals surface area (Å²) in [5, 5.41) is 2.95. The molecule has 96 valence electrons. The van der Waals surface area contributed by atoms with Crippen molar-refractivity contribution < 1.29 is 9.53 Å². The van der Waals surface area contributed by atoms with Crippen molar-refractivity contribution in [3.8, 4) is 0 Å². The minimum absolute atomic E-state index is 0.132. The molecule has 1 aliphatic carbocycles. The van der Waals surface area contributed by atoms with Gasteiger partial charge >= 0.3 is 5.97 Å². The largest absolute Gasteiger partial charge is 0.465 e. The molecular formula is C13H17N3O2. The summed E-state index contributed by atoms with van der Waals surface area (Å²) in [6.45, 7) is 2.31. The van der Waals surface area contributed by atoms with Gasteiger partial charge in [0.05, 0.1) is 6.61 Å². The molecule has 0 spiro atoms. The van der Waals surface area contributed by atoms with Crippen LogP contribution in [0.25, 0.3) is 0 Å². The maximum absolute atomic E-state index is 11.2. The van der Waals surface area contributed by atoms with Gasteiger partial charge in [-0.15, -0.1) is 0 Å². The zero-order valence-electron chi connectivity index (χ0n) is 10.4. The Hall–Kier alpha value is -1.91. The standard InChI is InChI=1S/C13H17N3O2/c1-2-18-13(17)8-14-12-7-11(15-9-16-12)10-5-3-4-6-10/h3-4,7,9-10H,2,5-6,8H2,1H3,(H,14,15,16). The van der Waals surface area contributed by atoms with Gasteiger partial charge in [-0.05, 0) is 19.8 Å². The highest BCUT2D eigenvalue weighted by atomic mass is 16.5. The molecule has 5 heteroatoms. The van der Waals surface area contributed by atoms with E-state index in [1.807, 2.05) is 6.07 Å². The van der Waals surface area contributed by atoms with Crippen LogP contribution in [-0.4, -0.2) is 29.1 Å². The molecule has 0 radical (unpaired) electrons. The van der Waals surface area contributed by atoms with E-state index in [4.69, 9.17) is 4.74 Å². The van der Waals surface area contributed by atoms with Gasteiger partial charge < -0.3 is 10.1 Å². The SMILES string of the molecule is CCOC(=O)CNc1cc(C2CC=CC2)ncn1. The Bertz CT molecular complexity index is 438. The predicted molar refractivity (Wildman–Crippen MR) is 68.3 cm³/mol. The Labute approximate surface area is 106 Å². The predicted octanol–water partition coefficient (Wildman–Crippen LogP) is 1.89. The summed E-state index contributed by atoms with van der Waals surface area (Å²) < 4.78 is 4.84. The third-order valence-electron chi connectivity index (χ3n) is 2.83. The first-order valence-corrected chi connectivity index (χ1v) is 6.16. The Kier molecular flexibility index (Phi) is 4.28. The maximum atomic E-state index is 11.2. The van der Waals surface area contributed by atoms with Crippen molar-refractivity contribution in [2.24, 2.45) is 0 Å². The van der Waals surface area contributed by atoms with Gasteiger partial charge in [0, 0.05) is 17.7 Å². The van der Waals surface area contributed by atoms with Crippen molar-refractivity contribution in [3.05, 3.63) is 30.2 Å². The Morgan fingerprint density at radius 3 is 2.94 bits per heavy atom. The quantitative estimate of drug-likeness (QED) is 0.635. The van der Waals surface area contributed by atoms with Crippen molar-refractivity contribution in [3.63, 3.8) is 0 Å². The second kappa shape index (κ2) is 6.14. The average Bonchev–Trinajstić information content (AvgIpc) is 2.91. The summed E-state index contributed by atoms with van der Waals surface area (Å²) >= 11 is 0. The van der Waals surface area contributed by atoms with Gasteiger partial charge in [0.15, 0.2) is 0 Å². The minimum Gasteiger partial charge on any atom is -0.465 e. The van der Waals surface area contributed by atoms with Gasteiger partial charge in [-0.2, -0.15) is 0 Å². The van der Waals surface area contributed by atoms with Gasteiger partial charge in [-0.25, -0.2) is 9.97 Å². The molecule has 0 aromatic carbocycles. The van der Waals surface area contributed by atoms with Crippen molar-refractivity contribution in [2.45, 2.75) is 25.7 Å². The molecule has 1 aliphatic rings. The third kappa shape index (κ3) is 3.29. The van der Waals surface area contributed by atoms with Gasteiger partial charge in [0.2, 0.25) is 0 Å². The fourth-order valence-electron chi connectivity index (χ4n) is 1.93. The third-order valence-corrected chi connectivity index (χ3v) is 2.83. The topological polar surface area (TPSA) is 64.1 Å². The number of allylic oxidation sites excluding steroid dienone is 2. The zero-order valence-corrected chi connectivity index (χ0v) is 10.4. The van der Waals surface area contributed by atoms with Crippen molar-refractivity contribution >= 4 is 11.8 Å². The monoisotopic (exact) mass is 247 g/mol. The molecule has 0 bridgehead atoms. The normalized spacial score (nSPS) is 14.7. The van der Waals surface area contributed by atoms with Gasteiger partial charge in [-0.3, -0.25) is 4.79 Å². The molecule has 18 heavy (non-hydrogen) atoms. The van der Waals surface area contributed by atoms with Crippen LogP contribution in [0.15, 0.2) is 24.5 Å². The molecule has 1 N–H and O–H groups in total. The van der Waals surface area contributed by atoms with Crippen molar-refractivity contribution in [1.82, 2.24) is 9.97 Å². The molecule has 1 heterocycles. The summed E-state index contributed by atoms with van der Waals surface area (Å²) in [5.41, 5.74) is 1.02. The number of nitrogens with zero attached hydrogens (tertiary/aromatic N) is 2. The molecule has 0 unspecified atom stereocenters. The van der Waals surface area contributed by atoms with E-state index in [9.17, 15) is 4.79 Å². The molecule has 0 saturated heterocycles. The molecule has 0 aliphatic heterocycles. The highest BCUT2D eigenvalue weighted by Crippen LogP contribution is 2.28. The van der Waals surface area contributed by atoms with Crippen LogP contribution in [0.5, 0.6) is 0 Å². The minimum atomic E-state index is -0.278. The lowest BCUT2D eigenvalue weighted by Crippen LogP contribution is -2.17. The first-order chi connectivity index (χ1) is 8.79. The number of aromatic nitrogens is 2. The number of ether oxygens (including phenoxy) is 1. The Balaban J connectivity index is 1.92. The van der Waals surface area contributed by atoms with Crippen LogP contribution in [0, 0.1) is 0 Å². The molecule has 2 rings (SSSR count). The van der Waals surface area contributed by atoms with E-state index in [0.717, 1.165) is 18.5 Å². The first kappa shape index (κ1) is 12.5. The lowest BCUT2D eigenvalue weighted by atomic mass is 10.0. The Morgan fingerprint density at radius 1 is 1.44 bits per heavy atom. The Morgan fingerprint density at radius 2 is 2.22 bits per heavy atom. The number of hydrogen-bond acceptors (Lipinski definition) is 5. The number of carbonyl (C=O) groups excluding carboxylic acids is 1. The fourth-order valence-corrected chi connectivity index (χ4v) is 1.93. The van der Waals surface area contributed by atoms with Crippen LogP contribution < -0.4 is 5.32 Å². The summed E-state index contributed by atoms with van der Waals surface area (Å²) in [6.07, 6.45) is 7.90. The zero-order chi connectivity index (χ0) is 12.8. The van der Waals surface area contributed by atoms with Gasteiger partial charge in [-0.1, -0.05) is 12.2 Å². The van der Waals surface area contributed by atoms with E-state index in [0.29, 0.717) is 18.3 Å². The molecule has 5 nitrogen and oxygen atoms in total. The lowest BCUT2D eigenvalue weighted by Gasteiger charge is -2.10. The second-order valence-corrected chi connectivity index (χ2v) is 4.13. The van der Waals surface area contributed by atoms with E-state index in [2.05, 4.69) is 27.4 Å². The summed E-state index contributed by atoms with van der Waals surface area (Å²) in [6, 6.07) is 1.90. The summed E-state index contributed by atoms with van der Waals surface area (Å²) in [4.78, 5) is 19.6. The first-order valence-electron chi connectivity index (χ1n) is 6.16. The molecule has 1 aromatic rings. The summed E-state index contributed by atoms with van der Waals surface area (Å²) in [7, 11) is 0. The number of esters is 1. The number of hydrogen-bond donors (Lipinski definition) is 1. The number of anilines is 1. The highest BCUT2D eigenvalue weighted by molar-refractivity contribution is 5.74. The average molecular weight is 247 g/mol. The number of carbonyl (C=O) groups is 1. The second-order valence-electron chi connectivity index (χ2n) is 4.13. The molecule has 0 atom stereocenters. The summed E-state index contributed by atoms with van der Waals surface area (Å²) in [5.74, 6) is 0.830. The van der Waals surface area contributed by atoms with E-state index in [-0.39, 0.29) is 12.5 Å². The smallest absolute Gasteiger partial charge is 0.325 e.